The predicted molar refractivity (Wildman–Crippen MR) is 132 cm³/mol. The number of halogens is 2. The van der Waals surface area contributed by atoms with Crippen LogP contribution in [0, 0.1) is 30.1 Å². The molecule has 0 radical (unpaired) electrons. The molecule has 2 unspecified atom stereocenters. The Bertz CT molecular complexity index is 1190. The molecule has 2 aromatic rings. The minimum Gasteiger partial charge on any atom is -0.325 e. The molecule has 174 valence electrons. The lowest BCUT2D eigenvalue weighted by Gasteiger charge is -2.39. The van der Waals surface area contributed by atoms with Gasteiger partial charge in [-0.15, -0.1) is 0 Å². The van der Waals surface area contributed by atoms with E-state index in [2.05, 4.69) is 31.2 Å². The Labute approximate surface area is 204 Å². The zero-order chi connectivity index (χ0) is 24.2. The summed E-state index contributed by atoms with van der Waals surface area (Å²) in [6.45, 7) is 10.3. The van der Waals surface area contributed by atoms with Crippen molar-refractivity contribution in [1.82, 2.24) is 0 Å². The van der Waals surface area contributed by atoms with Gasteiger partial charge in [0.1, 0.15) is 0 Å². The van der Waals surface area contributed by atoms with Gasteiger partial charge in [-0.2, -0.15) is 0 Å². The van der Waals surface area contributed by atoms with Gasteiger partial charge in [0.25, 0.3) is 0 Å². The molecule has 2 saturated carbocycles. The molecule has 2 atom stereocenters. The van der Waals surface area contributed by atoms with E-state index in [9.17, 15) is 9.59 Å². The van der Waals surface area contributed by atoms with Gasteiger partial charge < -0.3 is 10.2 Å². The second-order valence-corrected chi connectivity index (χ2v) is 10.9. The van der Waals surface area contributed by atoms with Crippen LogP contribution in [-0.2, 0) is 9.63 Å². The quantitative estimate of drug-likeness (QED) is 0.374. The minimum absolute atomic E-state index is 0.0119. The van der Waals surface area contributed by atoms with Crippen LogP contribution in [0.3, 0.4) is 0 Å². The Kier molecular flexibility index (Phi) is 5.86. The summed E-state index contributed by atoms with van der Waals surface area (Å²) < 4.78 is 0. The lowest BCUT2D eigenvalue weighted by atomic mass is 9.64. The van der Waals surface area contributed by atoms with Gasteiger partial charge in [0.2, 0.25) is 5.91 Å². The minimum atomic E-state index is -0.651. The summed E-state index contributed by atoms with van der Waals surface area (Å²) in [7, 11) is 0. The Morgan fingerprint density at radius 3 is 2.45 bits per heavy atom. The second-order valence-electron chi connectivity index (χ2n) is 10.0. The molecule has 0 spiro atoms. The fourth-order valence-electron chi connectivity index (χ4n) is 5.44. The smallest absolute Gasteiger partial charge is 0.325 e. The molecule has 0 aromatic heterocycles. The van der Waals surface area contributed by atoms with E-state index in [4.69, 9.17) is 28.0 Å². The van der Waals surface area contributed by atoms with Crippen molar-refractivity contribution in [2.24, 2.45) is 21.4 Å². The number of amides is 1. The average Bonchev–Trinajstić information content (AvgIpc) is 3.05. The molecule has 0 saturated heterocycles. The van der Waals surface area contributed by atoms with Crippen LogP contribution in [0.1, 0.15) is 61.5 Å². The molecule has 4 rings (SSSR count). The fourth-order valence-corrected chi connectivity index (χ4v) is 5.92. The van der Waals surface area contributed by atoms with Gasteiger partial charge >= 0.3 is 5.97 Å². The van der Waals surface area contributed by atoms with Crippen LogP contribution in [-0.4, -0.2) is 17.6 Å². The highest BCUT2D eigenvalue weighted by molar-refractivity contribution is 6.36. The summed E-state index contributed by atoms with van der Waals surface area (Å²) in [6, 6.07) is 10.6. The van der Waals surface area contributed by atoms with Crippen LogP contribution in [0.25, 0.3) is 0 Å². The molecule has 33 heavy (non-hydrogen) atoms. The van der Waals surface area contributed by atoms with Gasteiger partial charge in [-0.1, -0.05) is 61.3 Å². The van der Waals surface area contributed by atoms with E-state index < -0.39 is 11.4 Å². The first kappa shape index (κ1) is 23.8. The van der Waals surface area contributed by atoms with Crippen LogP contribution in [0.15, 0.2) is 41.6 Å². The third-order valence-corrected chi connectivity index (χ3v) is 8.75. The van der Waals surface area contributed by atoms with E-state index in [0.717, 1.165) is 35.4 Å². The van der Waals surface area contributed by atoms with Crippen molar-refractivity contribution < 1.29 is 14.4 Å². The summed E-state index contributed by atoms with van der Waals surface area (Å²) in [4.78, 5) is 31.6. The Morgan fingerprint density at radius 1 is 1.03 bits per heavy atom. The van der Waals surface area contributed by atoms with Crippen LogP contribution in [0.2, 0.25) is 10.0 Å². The molecule has 2 fully saturated rings. The molecule has 2 aliphatic carbocycles. The first-order chi connectivity index (χ1) is 15.4. The van der Waals surface area contributed by atoms with Gasteiger partial charge in [-0.25, -0.2) is 4.79 Å². The highest BCUT2D eigenvalue weighted by Crippen LogP contribution is 2.71. The Hall–Kier alpha value is -2.37. The zero-order valence-corrected chi connectivity index (χ0v) is 21.0. The largest absolute Gasteiger partial charge is 0.367 e. The van der Waals surface area contributed by atoms with E-state index in [1.807, 2.05) is 32.0 Å². The highest BCUT2D eigenvalue weighted by Gasteiger charge is 2.71. The van der Waals surface area contributed by atoms with Gasteiger partial charge in [0.15, 0.2) is 0 Å². The van der Waals surface area contributed by atoms with Crippen molar-refractivity contribution in [3.63, 3.8) is 0 Å². The standard InChI is InChI=1S/C26H28Cl2N2O3/c1-15-6-7-16(2)20(12-15)29-23(32)26-11-10-25(5,24(26,3)4)21(14-26)30-33-22(31)18-9-8-17(27)13-19(18)28/h6-9,12-13H,10-11,14H2,1-5H3,(H,29,32). The Morgan fingerprint density at radius 2 is 1.76 bits per heavy atom. The summed E-state index contributed by atoms with van der Waals surface area (Å²) in [5.74, 6) is -0.663. The molecule has 1 N–H and O–H groups in total. The maximum Gasteiger partial charge on any atom is 0.367 e. The van der Waals surface area contributed by atoms with Crippen LogP contribution < -0.4 is 5.32 Å². The van der Waals surface area contributed by atoms with E-state index >= 15 is 0 Å². The van der Waals surface area contributed by atoms with Crippen molar-refractivity contribution in [2.75, 3.05) is 5.32 Å². The molecule has 0 heterocycles. The topological polar surface area (TPSA) is 67.8 Å². The number of nitrogens with zero attached hydrogens (tertiary/aromatic N) is 1. The highest BCUT2D eigenvalue weighted by atomic mass is 35.5. The monoisotopic (exact) mass is 486 g/mol. The molecule has 7 heteroatoms. The number of fused-ring (bicyclic) bond motifs is 2. The van der Waals surface area contributed by atoms with Crippen LogP contribution in [0.4, 0.5) is 5.69 Å². The SMILES string of the molecule is Cc1ccc(C)c(NC(=O)C23CCC(C)(C(=NOC(=O)c4ccc(Cl)cc4Cl)C2)C3(C)C)c1. The molecular formula is C26H28Cl2N2O3. The van der Waals surface area contributed by atoms with E-state index in [1.165, 1.54) is 12.1 Å². The Balaban J connectivity index is 1.61. The molecule has 0 aliphatic heterocycles. The van der Waals surface area contributed by atoms with Gasteiger partial charge in [0, 0.05) is 22.5 Å². The third kappa shape index (κ3) is 3.66. The first-order valence-corrected chi connectivity index (χ1v) is 11.8. The van der Waals surface area contributed by atoms with E-state index in [1.54, 1.807) is 6.07 Å². The number of benzene rings is 2. The second kappa shape index (κ2) is 8.14. The number of hydrogen-bond donors (Lipinski definition) is 1. The number of hydrogen-bond acceptors (Lipinski definition) is 4. The van der Waals surface area contributed by atoms with E-state index in [0.29, 0.717) is 11.4 Å². The summed E-state index contributed by atoms with van der Waals surface area (Å²) >= 11 is 12.0. The van der Waals surface area contributed by atoms with Crippen molar-refractivity contribution >= 4 is 46.5 Å². The van der Waals surface area contributed by atoms with Gasteiger partial charge in [0.05, 0.1) is 21.7 Å². The number of anilines is 1. The summed E-state index contributed by atoms with van der Waals surface area (Å²) in [5, 5.41) is 8.09. The number of carbonyl (C=O) groups excluding carboxylic acids is 2. The van der Waals surface area contributed by atoms with Crippen LogP contribution >= 0.6 is 23.2 Å². The third-order valence-electron chi connectivity index (χ3n) is 8.20. The number of carbonyl (C=O) groups is 2. The number of rotatable bonds is 4. The maximum absolute atomic E-state index is 13.7. The van der Waals surface area contributed by atoms with E-state index in [-0.39, 0.29) is 27.3 Å². The van der Waals surface area contributed by atoms with Crippen molar-refractivity contribution in [1.29, 1.82) is 0 Å². The van der Waals surface area contributed by atoms with Crippen LogP contribution in [0.5, 0.6) is 0 Å². The maximum atomic E-state index is 13.7. The molecule has 2 aromatic carbocycles. The number of nitrogens with one attached hydrogen (secondary N) is 1. The zero-order valence-electron chi connectivity index (χ0n) is 19.5. The van der Waals surface area contributed by atoms with Crippen molar-refractivity contribution in [3.8, 4) is 0 Å². The normalized spacial score (nSPS) is 26.5. The lowest BCUT2D eigenvalue weighted by molar-refractivity contribution is -0.130. The van der Waals surface area contributed by atoms with Gasteiger partial charge in [-0.05, 0) is 67.5 Å². The molecule has 2 bridgehead atoms. The molecular weight excluding hydrogens is 459 g/mol. The number of oxime groups is 1. The molecule has 1 amide bonds. The first-order valence-electron chi connectivity index (χ1n) is 11.0. The summed E-state index contributed by atoms with van der Waals surface area (Å²) in [6.07, 6.45) is 1.98. The molecule has 2 aliphatic rings. The number of aryl methyl sites for hydroxylation is 2. The fraction of sp³-hybridized carbons (Fsp3) is 0.423. The molecule has 5 nitrogen and oxygen atoms in total. The van der Waals surface area contributed by atoms with Crippen molar-refractivity contribution in [2.45, 2.75) is 53.9 Å². The lowest BCUT2D eigenvalue weighted by Crippen LogP contribution is -2.43. The average molecular weight is 487 g/mol. The summed E-state index contributed by atoms with van der Waals surface area (Å²) in [5.41, 5.74) is 2.49. The predicted octanol–water partition coefficient (Wildman–Crippen LogP) is 6.98. The van der Waals surface area contributed by atoms with Crippen molar-refractivity contribution in [3.05, 3.63) is 63.1 Å². The van der Waals surface area contributed by atoms with Gasteiger partial charge in [-0.3, -0.25) is 4.79 Å².